The number of aromatic nitrogens is 1. The molecule has 1 N–H and O–H groups in total. The minimum Gasteiger partial charge on any atom is -0.381 e. The van der Waals surface area contributed by atoms with Crippen LogP contribution in [0, 0.1) is 0 Å². The van der Waals surface area contributed by atoms with Crippen LogP contribution in [0.3, 0.4) is 0 Å². The molecule has 19 heavy (non-hydrogen) atoms. The van der Waals surface area contributed by atoms with Crippen LogP contribution < -0.4 is 10.2 Å². The number of nitrogens with one attached hydrogen (secondary N) is 1. The summed E-state index contributed by atoms with van der Waals surface area (Å²) >= 11 is 0. The smallest absolute Gasteiger partial charge is 0.0605 e. The first-order valence-electron chi connectivity index (χ1n) is 7.26. The lowest BCUT2D eigenvalue weighted by Crippen LogP contribution is -2.37. The first-order valence-corrected chi connectivity index (χ1v) is 7.26. The van der Waals surface area contributed by atoms with Crippen molar-refractivity contribution in [3.05, 3.63) is 24.0 Å². The number of hydrogen-bond donors (Lipinski definition) is 1. The molecule has 1 aliphatic heterocycles. The van der Waals surface area contributed by atoms with Crippen LogP contribution in [-0.4, -0.2) is 37.8 Å². The lowest BCUT2D eigenvalue weighted by molar-refractivity contribution is 0.0819. The quantitative estimate of drug-likeness (QED) is 0.798. The lowest BCUT2D eigenvalue weighted by Gasteiger charge is -2.33. The van der Waals surface area contributed by atoms with Crippen LogP contribution >= 0.6 is 0 Å². The van der Waals surface area contributed by atoms with E-state index < -0.39 is 0 Å². The average molecular weight is 263 g/mol. The summed E-state index contributed by atoms with van der Waals surface area (Å²) in [5, 5.41) is 3.47. The monoisotopic (exact) mass is 263 g/mol. The molecule has 0 atom stereocenters. The van der Waals surface area contributed by atoms with Crippen molar-refractivity contribution in [1.82, 2.24) is 10.3 Å². The van der Waals surface area contributed by atoms with E-state index in [-0.39, 0.29) is 0 Å². The van der Waals surface area contributed by atoms with E-state index in [9.17, 15) is 0 Å². The van der Waals surface area contributed by atoms with Gasteiger partial charge in [0.15, 0.2) is 0 Å². The highest BCUT2D eigenvalue weighted by molar-refractivity contribution is 5.52. The van der Waals surface area contributed by atoms with Crippen molar-refractivity contribution in [1.29, 1.82) is 0 Å². The van der Waals surface area contributed by atoms with Crippen molar-refractivity contribution in [3.8, 4) is 0 Å². The zero-order valence-corrected chi connectivity index (χ0v) is 12.1. The molecule has 1 fully saturated rings. The highest BCUT2D eigenvalue weighted by Crippen LogP contribution is 2.24. The van der Waals surface area contributed by atoms with Crippen LogP contribution in [0.5, 0.6) is 0 Å². The first kappa shape index (κ1) is 14.3. The summed E-state index contributed by atoms with van der Waals surface area (Å²) in [5.41, 5.74) is 2.62. The zero-order valence-electron chi connectivity index (χ0n) is 12.1. The molecule has 2 rings (SSSR count). The number of nitrogens with zero attached hydrogens (tertiary/aromatic N) is 2. The van der Waals surface area contributed by atoms with Gasteiger partial charge in [-0.2, -0.15) is 0 Å². The molecule has 0 bridgehead atoms. The molecule has 0 saturated carbocycles. The van der Waals surface area contributed by atoms with E-state index in [1.54, 1.807) is 0 Å². The number of rotatable bonds is 6. The van der Waals surface area contributed by atoms with Crippen molar-refractivity contribution in [3.63, 3.8) is 0 Å². The third-order valence-corrected chi connectivity index (χ3v) is 3.75. The minimum absolute atomic E-state index is 0.426. The molecule has 4 heteroatoms. The van der Waals surface area contributed by atoms with Crippen molar-refractivity contribution in [2.24, 2.45) is 0 Å². The Bertz CT molecular complexity index is 375. The Morgan fingerprint density at radius 2 is 2.21 bits per heavy atom. The molecule has 0 aliphatic carbocycles. The summed E-state index contributed by atoms with van der Waals surface area (Å²) in [4.78, 5) is 6.72. The minimum atomic E-state index is 0.426. The van der Waals surface area contributed by atoms with Gasteiger partial charge in [0.05, 0.1) is 18.0 Å². The Morgan fingerprint density at radius 1 is 1.42 bits per heavy atom. The molecule has 106 valence electrons. The van der Waals surface area contributed by atoms with E-state index in [2.05, 4.69) is 28.2 Å². The van der Waals surface area contributed by atoms with E-state index in [0.717, 1.165) is 39.0 Å². The Hall–Kier alpha value is -1.13. The second kappa shape index (κ2) is 7.46. The molecule has 0 spiro atoms. The topological polar surface area (TPSA) is 37.4 Å². The Labute approximate surface area is 116 Å². The fourth-order valence-corrected chi connectivity index (χ4v) is 2.58. The summed E-state index contributed by atoms with van der Waals surface area (Å²) < 4.78 is 5.43. The second-order valence-electron chi connectivity index (χ2n) is 5.10. The molecular weight excluding hydrogens is 238 g/mol. The van der Waals surface area contributed by atoms with E-state index in [0.29, 0.717) is 6.10 Å². The molecule has 1 aromatic heterocycles. The molecule has 1 saturated heterocycles. The van der Waals surface area contributed by atoms with E-state index in [4.69, 9.17) is 4.74 Å². The van der Waals surface area contributed by atoms with Gasteiger partial charge in [-0.05, 0) is 37.4 Å². The molecule has 0 amide bonds. The Kier molecular flexibility index (Phi) is 5.61. The van der Waals surface area contributed by atoms with Crippen LogP contribution in [0.1, 0.15) is 31.7 Å². The van der Waals surface area contributed by atoms with Gasteiger partial charge in [-0.3, -0.25) is 4.98 Å². The Morgan fingerprint density at radius 3 is 2.89 bits per heavy atom. The maximum Gasteiger partial charge on any atom is 0.0605 e. The van der Waals surface area contributed by atoms with Crippen molar-refractivity contribution in [2.75, 3.05) is 31.6 Å². The Balaban J connectivity index is 1.99. The number of ether oxygens (including phenoxy) is 1. The van der Waals surface area contributed by atoms with Crippen LogP contribution in [-0.2, 0) is 11.3 Å². The molecular formula is C15H25N3O. The van der Waals surface area contributed by atoms with Gasteiger partial charge in [0.25, 0.3) is 0 Å². The summed E-state index contributed by atoms with van der Waals surface area (Å²) in [5.74, 6) is 0. The molecule has 0 unspecified atom stereocenters. The van der Waals surface area contributed by atoms with Crippen LogP contribution in [0.25, 0.3) is 0 Å². The predicted molar refractivity (Wildman–Crippen MR) is 78.5 cm³/mol. The number of methoxy groups -OCH3 is 1. The molecule has 1 aliphatic rings. The standard InChI is InChI=1S/C15H25N3O/c1-3-7-16-11-13-4-8-17-12-15(13)18-9-5-14(19-2)6-10-18/h4,8,12,14,16H,3,5-7,9-11H2,1-2H3. The summed E-state index contributed by atoms with van der Waals surface area (Å²) in [6, 6.07) is 2.13. The zero-order chi connectivity index (χ0) is 13.5. The largest absolute Gasteiger partial charge is 0.381 e. The average Bonchev–Trinajstić information content (AvgIpc) is 2.48. The fraction of sp³-hybridized carbons (Fsp3) is 0.667. The highest BCUT2D eigenvalue weighted by Gasteiger charge is 2.20. The lowest BCUT2D eigenvalue weighted by atomic mass is 10.1. The fourth-order valence-electron chi connectivity index (χ4n) is 2.58. The SMILES string of the molecule is CCCNCc1ccncc1N1CCC(OC)CC1. The van der Waals surface area contributed by atoms with Gasteiger partial charge in [-0.15, -0.1) is 0 Å². The second-order valence-corrected chi connectivity index (χ2v) is 5.10. The normalized spacial score (nSPS) is 16.8. The van der Waals surface area contributed by atoms with Gasteiger partial charge < -0.3 is 15.0 Å². The van der Waals surface area contributed by atoms with Gasteiger partial charge in [-0.25, -0.2) is 0 Å². The number of hydrogen-bond acceptors (Lipinski definition) is 4. The van der Waals surface area contributed by atoms with E-state index >= 15 is 0 Å². The first-order chi connectivity index (χ1) is 9.35. The van der Waals surface area contributed by atoms with Gasteiger partial charge in [0.1, 0.15) is 0 Å². The van der Waals surface area contributed by atoms with Crippen LogP contribution in [0.2, 0.25) is 0 Å². The molecule has 2 heterocycles. The maximum absolute atomic E-state index is 5.43. The third-order valence-electron chi connectivity index (χ3n) is 3.75. The summed E-state index contributed by atoms with van der Waals surface area (Å²) in [6.07, 6.45) is 7.68. The highest BCUT2D eigenvalue weighted by atomic mass is 16.5. The third kappa shape index (κ3) is 3.91. The van der Waals surface area contributed by atoms with Crippen LogP contribution in [0.4, 0.5) is 5.69 Å². The van der Waals surface area contributed by atoms with Gasteiger partial charge >= 0.3 is 0 Å². The van der Waals surface area contributed by atoms with Crippen LogP contribution in [0.15, 0.2) is 18.5 Å². The van der Waals surface area contributed by atoms with Crippen molar-refractivity contribution in [2.45, 2.75) is 38.8 Å². The predicted octanol–water partition coefficient (Wildman–Crippen LogP) is 2.20. The molecule has 4 nitrogen and oxygen atoms in total. The van der Waals surface area contributed by atoms with Crippen molar-refractivity contribution >= 4 is 5.69 Å². The number of pyridine rings is 1. The number of piperidine rings is 1. The van der Waals surface area contributed by atoms with Gasteiger partial charge in [-0.1, -0.05) is 6.92 Å². The van der Waals surface area contributed by atoms with Crippen molar-refractivity contribution < 1.29 is 4.74 Å². The van der Waals surface area contributed by atoms with E-state index in [1.807, 2.05) is 19.5 Å². The van der Waals surface area contributed by atoms with Gasteiger partial charge in [0, 0.05) is 32.9 Å². The number of anilines is 1. The maximum atomic E-state index is 5.43. The molecule has 1 aromatic rings. The van der Waals surface area contributed by atoms with Gasteiger partial charge in [0.2, 0.25) is 0 Å². The molecule has 0 aromatic carbocycles. The summed E-state index contributed by atoms with van der Waals surface area (Å²) in [7, 11) is 1.81. The molecule has 0 radical (unpaired) electrons. The van der Waals surface area contributed by atoms with E-state index in [1.165, 1.54) is 17.7 Å². The summed E-state index contributed by atoms with van der Waals surface area (Å²) in [6.45, 7) is 6.30.